The van der Waals surface area contributed by atoms with Gasteiger partial charge in [-0.05, 0) is 51.0 Å². The van der Waals surface area contributed by atoms with E-state index >= 15 is 0 Å². The third-order valence-electron chi connectivity index (χ3n) is 5.91. The molecule has 1 saturated heterocycles. The Morgan fingerprint density at radius 3 is 2.52 bits per heavy atom. The van der Waals surface area contributed by atoms with Gasteiger partial charge in [0.25, 0.3) is 0 Å². The second-order valence-electron chi connectivity index (χ2n) is 7.55. The number of rotatable bonds is 5. The first-order chi connectivity index (χ1) is 10.1. The van der Waals surface area contributed by atoms with Crippen LogP contribution >= 0.6 is 0 Å². The van der Waals surface area contributed by atoms with Crippen molar-refractivity contribution in [3.63, 3.8) is 0 Å². The minimum atomic E-state index is 0.309. The van der Waals surface area contributed by atoms with Crippen molar-refractivity contribution in [1.82, 2.24) is 10.2 Å². The minimum Gasteiger partial charge on any atom is -0.308 e. The summed E-state index contributed by atoms with van der Waals surface area (Å²) in [4.78, 5) is 2.76. The van der Waals surface area contributed by atoms with Crippen LogP contribution in [0.3, 0.4) is 0 Å². The first-order valence-corrected chi connectivity index (χ1v) is 8.60. The normalized spacial score (nSPS) is 34.0. The highest BCUT2D eigenvalue weighted by Crippen LogP contribution is 2.43. The highest BCUT2D eigenvalue weighted by Gasteiger charge is 2.48. The molecular formula is C19H30N2. The van der Waals surface area contributed by atoms with E-state index in [1.54, 1.807) is 0 Å². The lowest BCUT2D eigenvalue weighted by molar-refractivity contribution is 0.0116. The summed E-state index contributed by atoms with van der Waals surface area (Å²) in [5.74, 6) is 0.901. The van der Waals surface area contributed by atoms with E-state index in [0.717, 1.165) is 18.9 Å². The maximum Gasteiger partial charge on any atom is 0.0309 e. The Hall–Kier alpha value is -0.860. The molecule has 0 aromatic heterocycles. The van der Waals surface area contributed by atoms with Crippen molar-refractivity contribution in [3.05, 3.63) is 35.9 Å². The van der Waals surface area contributed by atoms with Crippen LogP contribution in [-0.4, -0.2) is 35.6 Å². The summed E-state index contributed by atoms with van der Waals surface area (Å²) in [6.45, 7) is 10.7. The Morgan fingerprint density at radius 1 is 1.19 bits per heavy atom. The van der Waals surface area contributed by atoms with Gasteiger partial charge in [0.05, 0.1) is 0 Å². The molecule has 1 N–H and O–H groups in total. The van der Waals surface area contributed by atoms with E-state index in [1.165, 1.54) is 37.9 Å². The van der Waals surface area contributed by atoms with Gasteiger partial charge in [-0.15, -0.1) is 0 Å². The van der Waals surface area contributed by atoms with Crippen molar-refractivity contribution in [2.45, 2.75) is 57.5 Å². The number of benzene rings is 1. The summed E-state index contributed by atoms with van der Waals surface area (Å²) in [7, 11) is 0. The molecule has 2 unspecified atom stereocenters. The van der Waals surface area contributed by atoms with Gasteiger partial charge in [0.15, 0.2) is 0 Å². The number of nitrogens with zero attached hydrogens (tertiary/aromatic N) is 1. The molecule has 2 aliphatic rings. The van der Waals surface area contributed by atoms with E-state index in [2.05, 4.69) is 61.3 Å². The van der Waals surface area contributed by atoms with Crippen molar-refractivity contribution in [3.8, 4) is 0 Å². The Balaban J connectivity index is 1.69. The third kappa shape index (κ3) is 3.17. The van der Waals surface area contributed by atoms with E-state index in [4.69, 9.17) is 0 Å². The second-order valence-corrected chi connectivity index (χ2v) is 7.55. The van der Waals surface area contributed by atoms with Crippen molar-refractivity contribution < 1.29 is 0 Å². The largest absolute Gasteiger partial charge is 0.308 e. The summed E-state index contributed by atoms with van der Waals surface area (Å²) in [6.07, 6.45) is 5.21. The van der Waals surface area contributed by atoms with Gasteiger partial charge in [0.2, 0.25) is 0 Å². The number of nitrogens with one attached hydrogen (secondary N) is 1. The summed E-state index contributed by atoms with van der Waals surface area (Å²) in [6, 6.07) is 10.9. The zero-order valence-electron chi connectivity index (χ0n) is 13.9. The van der Waals surface area contributed by atoms with Crippen LogP contribution in [0.1, 0.15) is 45.6 Å². The Kier molecular flexibility index (Phi) is 4.11. The van der Waals surface area contributed by atoms with Crippen LogP contribution in [0.2, 0.25) is 0 Å². The van der Waals surface area contributed by atoms with Gasteiger partial charge in [0.1, 0.15) is 0 Å². The Labute approximate surface area is 129 Å². The number of hydrogen-bond acceptors (Lipinski definition) is 2. The maximum absolute atomic E-state index is 3.89. The van der Waals surface area contributed by atoms with Gasteiger partial charge in [0, 0.05) is 30.7 Å². The quantitative estimate of drug-likeness (QED) is 0.891. The van der Waals surface area contributed by atoms with Crippen molar-refractivity contribution in [2.75, 3.05) is 19.6 Å². The standard InChI is InChI=1S/C19H30N2/c1-4-18(2)14-20-19(3,17-10-11-17)15-21(18)13-12-16-8-6-5-7-9-16/h5-9,17,20H,4,10-15H2,1-3H3. The molecule has 1 aromatic carbocycles. The second kappa shape index (κ2) is 5.73. The predicted octanol–water partition coefficient (Wildman–Crippen LogP) is 3.47. The fraction of sp³-hybridized carbons (Fsp3) is 0.684. The van der Waals surface area contributed by atoms with E-state index in [0.29, 0.717) is 11.1 Å². The molecule has 1 heterocycles. The van der Waals surface area contributed by atoms with Crippen LogP contribution < -0.4 is 5.32 Å². The summed E-state index contributed by atoms with van der Waals surface area (Å²) < 4.78 is 0. The molecule has 3 rings (SSSR count). The molecule has 1 aliphatic heterocycles. The SMILES string of the molecule is CCC1(C)CNC(C)(C2CC2)CN1CCc1ccccc1. The summed E-state index contributed by atoms with van der Waals surface area (Å²) >= 11 is 0. The third-order valence-corrected chi connectivity index (χ3v) is 5.91. The molecule has 2 atom stereocenters. The van der Waals surface area contributed by atoms with Gasteiger partial charge in [-0.2, -0.15) is 0 Å². The van der Waals surface area contributed by atoms with Crippen LogP contribution in [0.5, 0.6) is 0 Å². The molecule has 116 valence electrons. The molecule has 0 spiro atoms. The molecule has 0 bridgehead atoms. The van der Waals surface area contributed by atoms with Gasteiger partial charge in [-0.25, -0.2) is 0 Å². The number of piperazine rings is 1. The molecule has 1 aliphatic carbocycles. The van der Waals surface area contributed by atoms with Crippen LogP contribution in [0.25, 0.3) is 0 Å². The molecule has 2 heteroatoms. The average molecular weight is 286 g/mol. The van der Waals surface area contributed by atoms with Gasteiger partial charge in [-0.3, -0.25) is 4.90 Å². The Bertz CT molecular complexity index is 468. The van der Waals surface area contributed by atoms with E-state index in [-0.39, 0.29) is 0 Å². The smallest absolute Gasteiger partial charge is 0.0309 e. The lowest BCUT2D eigenvalue weighted by Gasteiger charge is -2.52. The van der Waals surface area contributed by atoms with Gasteiger partial charge in [-0.1, -0.05) is 37.3 Å². The lowest BCUT2D eigenvalue weighted by atomic mass is 9.84. The van der Waals surface area contributed by atoms with Crippen LogP contribution in [0.4, 0.5) is 0 Å². The molecular weight excluding hydrogens is 256 g/mol. The fourth-order valence-electron chi connectivity index (χ4n) is 3.75. The Morgan fingerprint density at radius 2 is 1.90 bits per heavy atom. The number of hydrogen-bond donors (Lipinski definition) is 1. The summed E-state index contributed by atoms with van der Waals surface area (Å²) in [5, 5.41) is 3.89. The van der Waals surface area contributed by atoms with Gasteiger partial charge < -0.3 is 5.32 Å². The molecule has 0 radical (unpaired) electrons. The zero-order valence-corrected chi connectivity index (χ0v) is 13.9. The molecule has 0 amide bonds. The van der Waals surface area contributed by atoms with E-state index < -0.39 is 0 Å². The average Bonchev–Trinajstić information content (AvgIpc) is 3.35. The highest BCUT2D eigenvalue weighted by molar-refractivity contribution is 5.15. The van der Waals surface area contributed by atoms with Crippen molar-refractivity contribution in [2.24, 2.45) is 5.92 Å². The lowest BCUT2D eigenvalue weighted by Crippen LogP contribution is -2.69. The van der Waals surface area contributed by atoms with E-state index in [1.807, 2.05) is 0 Å². The monoisotopic (exact) mass is 286 g/mol. The van der Waals surface area contributed by atoms with Gasteiger partial charge >= 0.3 is 0 Å². The van der Waals surface area contributed by atoms with Crippen molar-refractivity contribution >= 4 is 0 Å². The van der Waals surface area contributed by atoms with Crippen LogP contribution in [0, 0.1) is 5.92 Å². The fourth-order valence-corrected chi connectivity index (χ4v) is 3.75. The summed E-state index contributed by atoms with van der Waals surface area (Å²) in [5.41, 5.74) is 2.11. The van der Waals surface area contributed by atoms with E-state index in [9.17, 15) is 0 Å². The zero-order chi connectivity index (χ0) is 14.9. The predicted molar refractivity (Wildman–Crippen MR) is 89.5 cm³/mol. The van der Waals surface area contributed by atoms with Crippen LogP contribution in [-0.2, 0) is 6.42 Å². The minimum absolute atomic E-state index is 0.309. The molecule has 2 nitrogen and oxygen atoms in total. The highest BCUT2D eigenvalue weighted by atomic mass is 15.3. The topological polar surface area (TPSA) is 15.3 Å². The first kappa shape index (κ1) is 15.1. The van der Waals surface area contributed by atoms with Crippen LogP contribution in [0.15, 0.2) is 30.3 Å². The molecule has 2 fully saturated rings. The first-order valence-electron chi connectivity index (χ1n) is 8.60. The van der Waals surface area contributed by atoms with Crippen molar-refractivity contribution in [1.29, 1.82) is 0 Å². The maximum atomic E-state index is 3.89. The molecule has 21 heavy (non-hydrogen) atoms. The molecule has 1 aromatic rings. The molecule has 1 saturated carbocycles.